The number of carbonyl (C=O) groups is 2. The summed E-state index contributed by atoms with van der Waals surface area (Å²) in [5.41, 5.74) is 5.03. The Hall–Kier alpha value is -2.19. The summed E-state index contributed by atoms with van der Waals surface area (Å²) >= 11 is 0. The van der Waals surface area contributed by atoms with Gasteiger partial charge in [0.25, 0.3) is 5.91 Å². The Morgan fingerprint density at radius 2 is 1.55 bits per heavy atom. The monoisotopic (exact) mass is 442 g/mol. The van der Waals surface area contributed by atoms with Gasteiger partial charge in [0.15, 0.2) is 6.16 Å². The first-order valence-corrected chi connectivity index (χ1v) is 13.6. The standard InChI is InChI=1S/C26H36NO3P/c1-7-23(26(29)27-25-20(5)15-19(4)16-21(25)6)31(8-2,9-3)18-24(28)30-17-22-13-11-10-12-14-22/h10-16,23H,7-9,17-18H2,1-6H3/p+1. The van der Waals surface area contributed by atoms with Crippen LogP contribution in [0.2, 0.25) is 0 Å². The van der Waals surface area contributed by atoms with Crippen molar-refractivity contribution in [1.82, 2.24) is 0 Å². The predicted molar refractivity (Wildman–Crippen MR) is 132 cm³/mol. The van der Waals surface area contributed by atoms with Crippen LogP contribution >= 0.6 is 7.26 Å². The van der Waals surface area contributed by atoms with Crippen molar-refractivity contribution in [3.63, 3.8) is 0 Å². The van der Waals surface area contributed by atoms with Crippen molar-refractivity contribution < 1.29 is 14.3 Å². The number of amides is 1. The fourth-order valence-electron chi connectivity index (χ4n) is 4.44. The second-order valence-corrected chi connectivity index (χ2v) is 13.0. The van der Waals surface area contributed by atoms with Crippen LogP contribution in [0.25, 0.3) is 0 Å². The van der Waals surface area contributed by atoms with Crippen LogP contribution in [-0.2, 0) is 20.9 Å². The minimum absolute atomic E-state index is 0.0328. The van der Waals surface area contributed by atoms with Crippen molar-refractivity contribution in [2.75, 3.05) is 23.8 Å². The Labute approximate surface area is 188 Å². The van der Waals surface area contributed by atoms with Gasteiger partial charge in [-0.05, 0) is 57.7 Å². The Morgan fingerprint density at radius 3 is 2.06 bits per heavy atom. The van der Waals surface area contributed by atoms with Gasteiger partial charge < -0.3 is 10.1 Å². The van der Waals surface area contributed by atoms with E-state index in [4.69, 9.17) is 4.74 Å². The van der Waals surface area contributed by atoms with Crippen LogP contribution in [-0.4, -0.2) is 36.0 Å². The highest BCUT2D eigenvalue weighted by Gasteiger charge is 2.48. The second kappa shape index (κ2) is 11.4. The third kappa shape index (κ3) is 6.40. The Bertz CT molecular complexity index is 868. The van der Waals surface area contributed by atoms with E-state index in [1.54, 1.807) is 0 Å². The first-order valence-electron chi connectivity index (χ1n) is 11.2. The highest BCUT2D eigenvalue weighted by molar-refractivity contribution is 7.78. The lowest BCUT2D eigenvalue weighted by Crippen LogP contribution is -2.35. The maximum atomic E-state index is 13.4. The molecule has 1 unspecified atom stereocenters. The van der Waals surface area contributed by atoms with Crippen LogP contribution < -0.4 is 5.32 Å². The molecule has 1 amide bonds. The molecule has 0 spiro atoms. The van der Waals surface area contributed by atoms with E-state index in [9.17, 15) is 9.59 Å². The van der Waals surface area contributed by atoms with Gasteiger partial charge in [0.05, 0.1) is 12.3 Å². The number of ether oxygens (including phenoxy) is 1. The fraction of sp³-hybridized carbons (Fsp3) is 0.462. The number of esters is 1. The molecule has 2 aromatic carbocycles. The third-order valence-corrected chi connectivity index (χ3v) is 11.6. The van der Waals surface area contributed by atoms with Crippen molar-refractivity contribution >= 4 is 24.8 Å². The number of aryl methyl sites for hydroxylation is 3. The van der Waals surface area contributed by atoms with Crippen molar-refractivity contribution in [3.05, 3.63) is 64.7 Å². The maximum absolute atomic E-state index is 13.4. The zero-order chi connectivity index (χ0) is 23.0. The zero-order valence-corrected chi connectivity index (χ0v) is 20.7. The number of carbonyl (C=O) groups excluding carboxylic acids is 2. The van der Waals surface area contributed by atoms with E-state index in [0.717, 1.165) is 41.1 Å². The summed E-state index contributed by atoms with van der Waals surface area (Å²) in [5, 5.41) is 3.20. The quantitative estimate of drug-likeness (QED) is 0.356. The Morgan fingerprint density at radius 1 is 0.968 bits per heavy atom. The van der Waals surface area contributed by atoms with Gasteiger partial charge in [-0.3, -0.25) is 4.79 Å². The second-order valence-electron chi connectivity index (χ2n) is 8.34. The summed E-state index contributed by atoms with van der Waals surface area (Å²) in [6.07, 6.45) is 2.77. The number of anilines is 1. The van der Waals surface area contributed by atoms with Crippen molar-refractivity contribution in [2.24, 2.45) is 0 Å². The van der Waals surface area contributed by atoms with Crippen LogP contribution in [0.5, 0.6) is 0 Å². The smallest absolute Gasteiger partial charge is 0.344 e. The summed E-state index contributed by atoms with van der Waals surface area (Å²) in [7, 11) is -1.86. The molecular weight excluding hydrogens is 405 g/mol. The Balaban J connectivity index is 2.17. The number of rotatable bonds is 10. The molecule has 168 valence electrons. The lowest BCUT2D eigenvalue weighted by atomic mass is 10.0. The molecule has 0 aliphatic heterocycles. The van der Waals surface area contributed by atoms with Gasteiger partial charge in [-0.25, -0.2) is 4.79 Å². The first-order chi connectivity index (χ1) is 14.8. The van der Waals surface area contributed by atoms with Crippen LogP contribution in [0.4, 0.5) is 5.69 Å². The summed E-state index contributed by atoms with van der Waals surface area (Å²) in [5.74, 6) is -0.166. The SMILES string of the molecule is CCC(C(=O)Nc1c(C)cc(C)cc1C)[P+](CC)(CC)CC(=O)OCc1ccccc1. The third-order valence-electron chi connectivity index (χ3n) is 6.22. The summed E-state index contributed by atoms with van der Waals surface area (Å²) in [4.78, 5) is 26.2. The molecule has 1 atom stereocenters. The molecule has 2 aromatic rings. The summed E-state index contributed by atoms with van der Waals surface area (Å²) in [6.45, 7) is 12.7. The molecule has 0 radical (unpaired) electrons. The molecule has 0 bridgehead atoms. The van der Waals surface area contributed by atoms with Crippen LogP contribution in [0, 0.1) is 20.8 Å². The van der Waals surface area contributed by atoms with Gasteiger partial charge in [0.1, 0.15) is 12.3 Å². The molecule has 0 saturated carbocycles. The number of benzene rings is 2. The van der Waals surface area contributed by atoms with Gasteiger partial charge in [-0.2, -0.15) is 0 Å². The van der Waals surface area contributed by atoms with Crippen molar-refractivity contribution in [2.45, 2.75) is 60.2 Å². The molecule has 0 aliphatic carbocycles. The predicted octanol–water partition coefficient (Wildman–Crippen LogP) is 6.13. The topological polar surface area (TPSA) is 55.4 Å². The normalized spacial score (nSPS) is 12.3. The number of hydrogen-bond donors (Lipinski definition) is 1. The zero-order valence-electron chi connectivity index (χ0n) is 19.8. The van der Waals surface area contributed by atoms with Gasteiger partial charge >= 0.3 is 5.97 Å². The molecule has 4 nitrogen and oxygen atoms in total. The molecule has 31 heavy (non-hydrogen) atoms. The maximum Gasteiger partial charge on any atom is 0.344 e. The van der Waals surface area contributed by atoms with E-state index in [0.29, 0.717) is 6.16 Å². The lowest BCUT2D eigenvalue weighted by Gasteiger charge is -2.31. The largest absolute Gasteiger partial charge is 0.458 e. The minimum Gasteiger partial charge on any atom is -0.458 e. The lowest BCUT2D eigenvalue weighted by molar-refractivity contribution is -0.141. The molecule has 5 heteroatoms. The summed E-state index contributed by atoms with van der Waals surface area (Å²) < 4.78 is 5.59. The molecule has 0 aromatic heterocycles. The minimum atomic E-state index is -1.86. The van der Waals surface area contributed by atoms with Crippen LogP contribution in [0.15, 0.2) is 42.5 Å². The van der Waals surface area contributed by atoms with Crippen LogP contribution in [0.1, 0.15) is 49.4 Å². The van der Waals surface area contributed by atoms with E-state index in [1.165, 1.54) is 5.56 Å². The van der Waals surface area contributed by atoms with E-state index >= 15 is 0 Å². The highest BCUT2D eigenvalue weighted by Crippen LogP contribution is 2.63. The average Bonchev–Trinajstić information content (AvgIpc) is 2.75. The highest BCUT2D eigenvalue weighted by atomic mass is 31.2. The van der Waals surface area contributed by atoms with Crippen LogP contribution in [0.3, 0.4) is 0 Å². The molecule has 0 aliphatic rings. The molecular formula is C26H37NO3P+. The van der Waals surface area contributed by atoms with E-state index < -0.39 is 7.26 Å². The number of hydrogen-bond acceptors (Lipinski definition) is 3. The molecule has 2 rings (SSSR count). The molecule has 0 fully saturated rings. The van der Waals surface area contributed by atoms with Gasteiger partial charge in [-0.1, -0.05) is 55.0 Å². The Kier molecular flexibility index (Phi) is 9.25. The van der Waals surface area contributed by atoms with Gasteiger partial charge in [0, 0.05) is 12.9 Å². The average molecular weight is 443 g/mol. The first kappa shape index (κ1) is 25.1. The fourth-order valence-corrected chi connectivity index (χ4v) is 8.38. The van der Waals surface area contributed by atoms with Gasteiger partial charge in [0.2, 0.25) is 0 Å². The van der Waals surface area contributed by atoms with Crippen molar-refractivity contribution in [3.8, 4) is 0 Å². The van der Waals surface area contributed by atoms with Gasteiger partial charge in [-0.15, -0.1) is 0 Å². The molecule has 1 N–H and O–H groups in total. The van der Waals surface area contributed by atoms with E-state index in [1.807, 2.05) is 44.2 Å². The number of nitrogens with one attached hydrogen (secondary N) is 1. The summed E-state index contributed by atoms with van der Waals surface area (Å²) in [6, 6.07) is 13.9. The van der Waals surface area contributed by atoms with Crippen molar-refractivity contribution in [1.29, 1.82) is 0 Å². The molecule has 0 saturated heterocycles. The molecule has 0 heterocycles. The van der Waals surface area contributed by atoms with E-state index in [2.05, 4.69) is 45.1 Å². The van der Waals surface area contributed by atoms with E-state index in [-0.39, 0.29) is 24.1 Å².